The molecule has 5 nitrogen and oxygen atoms in total. The maximum absolute atomic E-state index is 12.2. The van der Waals surface area contributed by atoms with E-state index >= 15 is 0 Å². The summed E-state index contributed by atoms with van der Waals surface area (Å²) < 4.78 is 27.0. The Morgan fingerprint density at radius 2 is 2.20 bits per heavy atom. The standard InChI is InChI=1S/C12H19ClN2O3S2/c1-2-6-14-12(19-8-7-16)15-20(17,18)11-5-3-4-10(13)9-11/h3-5,9,12,14-16H,2,6-8H2,1H3. The predicted octanol–water partition coefficient (Wildman–Crippen LogP) is 1.63. The summed E-state index contributed by atoms with van der Waals surface area (Å²) in [6.07, 6.45) is 0.884. The minimum Gasteiger partial charge on any atom is -0.396 e. The lowest BCUT2D eigenvalue weighted by Gasteiger charge is -2.19. The lowest BCUT2D eigenvalue weighted by molar-refractivity contribution is 0.322. The van der Waals surface area contributed by atoms with Crippen molar-refractivity contribution in [2.24, 2.45) is 0 Å². The molecule has 0 radical (unpaired) electrons. The number of sulfonamides is 1. The van der Waals surface area contributed by atoms with Crippen LogP contribution in [0.15, 0.2) is 29.2 Å². The van der Waals surface area contributed by atoms with Crippen LogP contribution in [0.2, 0.25) is 5.02 Å². The lowest BCUT2D eigenvalue weighted by Crippen LogP contribution is -2.43. The van der Waals surface area contributed by atoms with E-state index in [9.17, 15) is 8.42 Å². The van der Waals surface area contributed by atoms with Crippen LogP contribution in [0.25, 0.3) is 0 Å². The molecule has 0 aliphatic carbocycles. The summed E-state index contributed by atoms with van der Waals surface area (Å²) >= 11 is 7.11. The average molecular weight is 339 g/mol. The van der Waals surface area contributed by atoms with Gasteiger partial charge in [0, 0.05) is 10.8 Å². The van der Waals surface area contributed by atoms with Gasteiger partial charge in [0.05, 0.1) is 11.5 Å². The lowest BCUT2D eigenvalue weighted by atomic mass is 10.4. The molecule has 0 saturated heterocycles. The fourth-order valence-electron chi connectivity index (χ4n) is 1.42. The van der Waals surface area contributed by atoms with Crippen molar-refractivity contribution < 1.29 is 13.5 Å². The topological polar surface area (TPSA) is 78.4 Å². The molecule has 1 rings (SSSR count). The van der Waals surface area contributed by atoms with Gasteiger partial charge in [0.25, 0.3) is 0 Å². The van der Waals surface area contributed by atoms with E-state index in [4.69, 9.17) is 16.7 Å². The highest BCUT2D eigenvalue weighted by Gasteiger charge is 2.19. The van der Waals surface area contributed by atoms with Crippen molar-refractivity contribution in [3.63, 3.8) is 0 Å². The van der Waals surface area contributed by atoms with Crippen LogP contribution in [0.3, 0.4) is 0 Å². The molecule has 1 atom stereocenters. The molecule has 0 heterocycles. The van der Waals surface area contributed by atoms with Crippen LogP contribution >= 0.6 is 23.4 Å². The first-order valence-corrected chi connectivity index (χ1v) is 9.14. The fourth-order valence-corrected chi connectivity index (χ4v) is 3.95. The smallest absolute Gasteiger partial charge is 0.242 e. The highest BCUT2D eigenvalue weighted by Crippen LogP contribution is 2.17. The van der Waals surface area contributed by atoms with Gasteiger partial charge in [-0.25, -0.2) is 8.42 Å². The van der Waals surface area contributed by atoms with Gasteiger partial charge in [0.2, 0.25) is 10.0 Å². The van der Waals surface area contributed by atoms with E-state index in [1.54, 1.807) is 12.1 Å². The molecule has 0 bridgehead atoms. The first-order valence-electron chi connectivity index (χ1n) is 6.23. The van der Waals surface area contributed by atoms with E-state index < -0.39 is 15.5 Å². The Kier molecular flexibility index (Phi) is 7.86. The van der Waals surface area contributed by atoms with Crippen molar-refractivity contribution in [1.29, 1.82) is 0 Å². The van der Waals surface area contributed by atoms with Crippen molar-refractivity contribution in [2.45, 2.75) is 23.7 Å². The number of nitrogens with one attached hydrogen (secondary N) is 2. The van der Waals surface area contributed by atoms with Crippen molar-refractivity contribution >= 4 is 33.4 Å². The highest BCUT2D eigenvalue weighted by atomic mass is 35.5. The van der Waals surface area contributed by atoms with Crippen molar-refractivity contribution in [3.8, 4) is 0 Å². The summed E-state index contributed by atoms with van der Waals surface area (Å²) in [5.74, 6) is 0.444. The third kappa shape index (κ3) is 5.99. The highest BCUT2D eigenvalue weighted by molar-refractivity contribution is 8.00. The predicted molar refractivity (Wildman–Crippen MR) is 83.4 cm³/mol. The minimum atomic E-state index is -3.64. The van der Waals surface area contributed by atoms with Crippen LogP contribution in [0.4, 0.5) is 0 Å². The quantitative estimate of drug-likeness (QED) is 0.596. The maximum atomic E-state index is 12.2. The van der Waals surface area contributed by atoms with Crippen molar-refractivity contribution in [1.82, 2.24) is 10.0 Å². The third-order valence-corrected chi connectivity index (χ3v) is 5.17. The molecular weight excluding hydrogens is 320 g/mol. The van der Waals surface area contributed by atoms with Crippen LogP contribution in [-0.2, 0) is 10.0 Å². The molecular formula is C12H19ClN2O3S2. The molecule has 0 fully saturated rings. The molecule has 1 aromatic carbocycles. The zero-order valence-corrected chi connectivity index (χ0v) is 13.6. The Hall–Kier alpha value is -0.310. The molecule has 0 aliphatic rings. The zero-order chi connectivity index (χ0) is 15.0. The number of aliphatic hydroxyl groups excluding tert-OH is 1. The molecule has 8 heteroatoms. The molecule has 20 heavy (non-hydrogen) atoms. The summed E-state index contributed by atoms with van der Waals surface area (Å²) in [5.41, 5.74) is -0.480. The van der Waals surface area contributed by atoms with Gasteiger partial charge in [-0.3, -0.25) is 5.32 Å². The van der Waals surface area contributed by atoms with Gasteiger partial charge >= 0.3 is 0 Å². The number of thioether (sulfide) groups is 1. The van der Waals surface area contributed by atoms with E-state index in [-0.39, 0.29) is 11.5 Å². The van der Waals surface area contributed by atoms with E-state index in [1.807, 2.05) is 6.92 Å². The van der Waals surface area contributed by atoms with Gasteiger partial charge in [0.15, 0.2) is 0 Å². The van der Waals surface area contributed by atoms with Gasteiger partial charge in [-0.15, -0.1) is 11.8 Å². The Bertz CT molecular complexity index is 503. The van der Waals surface area contributed by atoms with E-state index in [0.29, 0.717) is 17.3 Å². The molecule has 114 valence electrons. The second kappa shape index (κ2) is 8.86. The van der Waals surface area contributed by atoms with Crippen molar-refractivity contribution in [2.75, 3.05) is 18.9 Å². The molecule has 0 spiro atoms. The van der Waals surface area contributed by atoms with Gasteiger partial charge in [-0.1, -0.05) is 24.6 Å². The molecule has 1 aromatic rings. The minimum absolute atomic E-state index is 0.00609. The Morgan fingerprint density at radius 3 is 2.80 bits per heavy atom. The van der Waals surface area contributed by atoms with Gasteiger partial charge in [0.1, 0.15) is 5.50 Å². The van der Waals surface area contributed by atoms with Gasteiger partial charge in [-0.05, 0) is 31.2 Å². The Balaban J connectivity index is 2.79. The number of hydrogen-bond donors (Lipinski definition) is 3. The molecule has 0 saturated carbocycles. The second-order valence-electron chi connectivity index (χ2n) is 4.01. The van der Waals surface area contributed by atoms with Gasteiger partial charge in [-0.2, -0.15) is 4.72 Å². The number of halogens is 1. The fraction of sp³-hybridized carbons (Fsp3) is 0.500. The number of aliphatic hydroxyl groups is 1. The number of hydrogen-bond acceptors (Lipinski definition) is 5. The van der Waals surface area contributed by atoms with E-state index in [0.717, 1.165) is 6.42 Å². The Labute approximate surface area is 129 Å². The van der Waals surface area contributed by atoms with E-state index in [1.165, 1.54) is 23.9 Å². The average Bonchev–Trinajstić information content (AvgIpc) is 2.41. The monoisotopic (exact) mass is 338 g/mol. The Morgan fingerprint density at radius 1 is 1.45 bits per heavy atom. The first kappa shape index (κ1) is 17.7. The van der Waals surface area contributed by atoms with Crippen molar-refractivity contribution in [3.05, 3.63) is 29.3 Å². The molecule has 0 aliphatic heterocycles. The van der Waals surface area contributed by atoms with E-state index in [2.05, 4.69) is 10.0 Å². The SMILES string of the molecule is CCCNC(NS(=O)(=O)c1cccc(Cl)c1)SCCO. The summed E-state index contributed by atoms with van der Waals surface area (Å²) in [4.78, 5) is 0.123. The summed E-state index contributed by atoms with van der Waals surface area (Å²) in [5, 5.41) is 12.3. The van der Waals surface area contributed by atoms with Crippen LogP contribution < -0.4 is 10.0 Å². The number of benzene rings is 1. The largest absolute Gasteiger partial charge is 0.396 e. The van der Waals surface area contributed by atoms with Crippen LogP contribution in [0.1, 0.15) is 13.3 Å². The second-order valence-corrected chi connectivity index (χ2v) is 7.37. The van der Waals surface area contributed by atoms with Crippen LogP contribution in [0, 0.1) is 0 Å². The number of rotatable bonds is 9. The molecule has 0 aromatic heterocycles. The summed E-state index contributed by atoms with van der Waals surface area (Å²) in [6.45, 7) is 2.67. The molecule has 1 unspecified atom stereocenters. The van der Waals surface area contributed by atoms with Gasteiger partial charge < -0.3 is 5.11 Å². The first-order chi connectivity index (χ1) is 9.49. The normalized spacial score (nSPS) is 13.3. The molecule has 0 amide bonds. The molecule has 3 N–H and O–H groups in total. The summed E-state index contributed by atoms with van der Waals surface area (Å²) in [7, 11) is -3.64. The zero-order valence-electron chi connectivity index (χ0n) is 11.2. The summed E-state index contributed by atoms with van der Waals surface area (Å²) in [6, 6.07) is 6.10. The van der Waals surface area contributed by atoms with Crippen LogP contribution in [0.5, 0.6) is 0 Å². The maximum Gasteiger partial charge on any atom is 0.242 e. The van der Waals surface area contributed by atoms with Crippen LogP contribution in [-0.4, -0.2) is 37.9 Å². The third-order valence-electron chi connectivity index (χ3n) is 2.32.